The summed E-state index contributed by atoms with van der Waals surface area (Å²) >= 11 is 0. The fraction of sp³-hybridized carbons (Fsp3) is 0.684. The zero-order valence-electron chi connectivity index (χ0n) is 12.7. The zero-order valence-corrected chi connectivity index (χ0v) is 12.7. The van der Waals surface area contributed by atoms with E-state index in [0.717, 1.165) is 24.3 Å². The van der Waals surface area contributed by atoms with Gasteiger partial charge in [0.05, 0.1) is 0 Å². The molecule has 3 atom stereocenters. The molecule has 3 aliphatic rings. The first-order chi connectivity index (χ1) is 9.88. The van der Waals surface area contributed by atoms with E-state index in [0.29, 0.717) is 6.04 Å². The minimum atomic E-state index is 0.635. The molecule has 0 amide bonds. The second-order valence-electron chi connectivity index (χ2n) is 7.15. The van der Waals surface area contributed by atoms with E-state index >= 15 is 0 Å². The van der Waals surface area contributed by atoms with Gasteiger partial charge in [0.15, 0.2) is 0 Å². The molecule has 1 N–H and O–H groups in total. The van der Waals surface area contributed by atoms with Crippen molar-refractivity contribution in [3.8, 4) is 0 Å². The van der Waals surface area contributed by atoms with Crippen molar-refractivity contribution >= 4 is 0 Å². The molecule has 108 valence electrons. The minimum Gasteiger partial charge on any atom is -0.310 e. The Labute approximate surface area is 123 Å². The lowest BCUT2D eigenvalue weighted by molar-refractivity contribution is 0.417. The molecule has 1 aromatic rings. The third-order valence-corrected chi connectivity index (χ3v) is 5.95. The number of aryl methyl sites for hydroxylation is 2. The molecule has 1 heteroatoms. The van der Waals surface area contributed by atoms with Gasteiger partial charge in [0.1, 0.15) is 0 Å². The molecule has 0 spiro atoms. The minimum absolute atomic E-state index is 0.635. The van der Waals surface area contributed by atoms with Gasteiger partial charge >= 0.3 is 0 Å². The molecule has 0 saturated heterocycles. The lowest BCUT2D eigenvalue weighted by atomic mass is 9.94. The van der Waals surface area contributed by atoms with Crippen molar-refractivity contribution in [3.63, 3.8) is 0 Å². The van der Waals surface area contributed by atoms with Crippen molar-refractivity contribution in [2.45, 2.75) is 57.9 Å². The molecule has 1 aromatic carbocycles. The van der Waals surface area contributed by atoms with Crippen molar-refractivity contribution in [2.24, 2.45) is 17.8 Å². The van der Waals surface area contributed by atoms with Crippen LogP contribution < -0.4 is 5.32 Å². The molecule has 2 saturated carbocycles. The third kappa shape index (κ3) is 2.11. The average molecular weight is 269 g/mol. The highest BCUT2D eigenvalue weighted by Crippen LogP contribution is 2.62. The van der Waals surface area contributed by atoms with Crippen LogP contribution in [0.15, 0.2) is 18.2 Å². The van der Waals surface area contributed by atoms with E-state index in [1.807, 2.05) is 0 Å². The smallest absolute Gasteiger partial charge is 0.0354 e. The van der Waals surface area contributed by atoms with Crippen LogP contribution in [-0.4, -0.2) is 6.54 Å². The standard InChI is InChI=1S/C19H27N/c1-2-11-20-19(18-16-7-4-8-17(16)18)15-10-9-13-5-3-6-14(13)12-15/h9-10,12,16-20H,2-8,11H2,1H3. The van der Waals surface area contributed by atoms with E-state index in [2.05, 4.69) is 30.4 Å². The first kappa shape index (κ1) is 12.9. The molecule has 0 bridgehead atoms. The van der Waals surface area contributed by atoms with Crippen LogP contribution in [-0.2, 0) is 12.8 Å². The summed E-state index contributed by atoms with van der Waals surface area (Å²) in [6.07, 6.45) is 9.67. The predicted octanol–water partition coefficient (Wildman–Crippen LogP) is 4.26. The normalized spacial score (nSPS) is 31.9. The summed E-state index contributed by atoms with van der Waals surface area (Å²) in [6, 6.07) is 8.00. The van der Waals surface area contributed by atoms with Gasteiger partial charge in [0.2, 0.25) is 0 Å². The van der Waals surface area contributed by atoms with E-state index in [-0.39, 0.29) is 0 Å². The largest absolute Gasteiger partial charge is 0.310 e. The van der Waals surface area contributed by atoms with Crippen molar-refractivity contribution in [3.05, 3.63) is 34.9 Å². The van der Waals surface area contributed by atoms with Crippen molar-refractivity contribution in [2.75, 3.05) is 6.54 Å². The Hall–Kier alpha value is -0.820. The molecule has 3 aliphatic carbocycles. The van der Waals surface area contributed by atoms with Gasteiger partial charge in [-0.05, 0) is 79.5 Å². The summed E-state index contributed by atoms with van der Waals surface area (Å²) in [5.41, 5.74) is 4.83. The van der Waals surface area contributed by atoms with Crippen molar-refractivity contribution in [1.82, 2.24) is 5.32 Å². The van der Waals surface area contributed by atoms with Gasteiger partial charge < -0.3 is 5.32 Å². The molecular formula is C19H27N. The van der Waals surface area contributed by atoms with Crippen LogP contribution in [0.1, 0.15) is 61.8 Å². The first-order valence-corrected chi connectivity index (χ1v) is 8.73. The van der Waals surface area contributed by atoms with Crippen molar-refractivity contribution in [1.29, 1.82) is 0 Å². The highest BCUT2D eigenvalue weighted by atomic mass is 14.9. The molecule has 4 rings (SSSR count). The van der Waals surface area contributed by atoms with Crippen LogP contribution in [0.3, 0.4) is 0 Å². The summed E-state index contributed by atoms with van der Waals surface area (Å²) < 4.78 is 0. The topological polar surface area (TPSA) is 12.0 Å². The average Bonchev–Trinajstić information content (AvgIpc) is 2.89. The summed E-state index contributed by atoms with van der Waals surface area (Å²) in [5.74, 6) is 3.02. The molecule has 0 radical (unpaired) electrons. The fourth-order valence-electron chi connectivity index (χ4n) is 4.93. The van der Waals surface area contributed by atoms with Crippen molar-refractivity contribution < 1.29 is 0 Å². The Kier molecular flexibility index (Phi) is 3.34. The van der Waals surface area contributed by atoms with Gasteiger partial charge in [-0.25, -0.2) is 0 Å². The third-order valence-electron chi connectivity index (χ3n) is 5.95. The van der Waals surface area contributed by atoms with Crippen LogP contribution in [0.25, 0.3) is 0 Å². The van der Waals surface area contributed by atoms with Crippen LogP contribution in [0, 0.1) is 17.8 Å². The lowest BCUT2D eigenvalue weighted by Gasteiger charge is -2.22. The van der Waals surface area contributed by atoms with Crippen LogP contribution in [0.4, 0.5) is 0 Å². The predicted molar refractivity (Wildman–Crippen MR) is 83.8 cm³/mol. The Balaban J connectivity index is 1.57. The number of fused-ring (bicyclic) bond motifs is 2. The molecule has 1 nitrogen and oxygen atoms in total. The Morgan fingerprint density at radius 2 is 1.90 bits per heavy atom. The molecular weight excluding hydrogens is 242 g/mol. The molecule has 2 fully saturated rings. The number of nitrogens with one attached hydrogen (secondary N) is 1. The Bertz CT molecular complexity index is 483. The Morgan fingerprint density at radius 3 is 2.70 bits per heavy atom. The van der Waals surface area contributed by atoms with Gasteiger partial charge in [0.25, 0.3) is 0 Å². The van der Waals surface area contributed by atoms with Crippen LogP contribution >= 0.6 is 0 Å². The van der Waals surface area contributed by atoms with Gasteiger partial charge in [-0.3, -0.25) is 0 Å². The highest BCUT2D eigenvalue weighted by molar-refractivity contribution is 5.37. The van der Waals surface area contributed by atoms with Gasteiger partial charge in [-0.1, -0.05) is 31.5 Å². The second-order valence-corrected chi connectivity index (χ2v) is 7.15. The van der Waals surface area contributed by atoms with E-state index in [1.54, 1.807) is 16.7 Å². The quantitative estimate of drug-likeness (QED) is 0.842. The van der Waals surface area contributed by atoms with Gasteiger partial charge in [0, 0.05) is 6.04 Å². The monoisotopic (exact) mass is 269 g/mol. The number of hydrogen-bond donors (Lipinski definition) is 1. The van der Waals surface area contributed by atoms with E-state index in [4.69, 9.17) is 0 Å². The van der Waals surface area contributed by atoms with E-state index in [1.165, 1.54) is 44.9 Å². The fourth-order valence-corrected chi connectivity index (χ4v) is 4.93. The van der Waals surface area contributed by atoms with Crippen LogP contribution in [0.5, 0.6) is 0 Å². The lowest BCUT2D eigenvalue weighted by Crippen LogP contribution is -2.25. The summed E-state index contributed by atoms with van der Waals surface area (Å²) in [5, 5.41) is 3.87. The SMILES string of the molecule is CCCNC(c1ccc2c(c1)CCC2)C1C2CCCC21. The molecule has 20 heavy (non-hydrogen) atoms. The number of benzene rings is 1. The maximum absolute atomic E-state index is 3.87. The van der Waals surface area contributed by atoms with E-state index in [9.17, 15) is 0 Å². The maximum atomic E-state index is 3.87. The van der Waals surface area contributed by atoms with Crippen LogP contribution in [0.2, 0.25) is 0 Å². The zero-order chi connectivity index (χ0) is 13.5. The second kappa shape index (κ2) is 5.18. The summed E-state index contributed by atoms with van der Waals surface area (Å²) in [4.78, 5) is 0. The maximum Gasteiger partial charge on any atom is 0.0354 e. The Morgan fingerprint density at radius 1 is 1.10 bits per heavy atom. The summed E-state index contributed by atoms with van der Waals surface area (Å²) in [6.45, 7) is 3.44. The number of rotatable bonds is 5. The van der Waals surface area contributed by atoms with Gasteiger partial charge in [-0.2, -0.15) is 0 Å². The molecule has 0 heterocycles. The first-order valence-electron chi connectivity index (χ1n) is 8.73. The highest BCUT2D eigenvalue weighted by Gasteiger charge is 2.55. The van der Waals surface area contributed by atoms with E-state index < -0.39 is 0 Å². The summed E-state index contributed by atoms with van der Waals surface area (Å²) in [7, 11) is 0. The molecule has 0 aromatic heterocycles. The van der Waals surface area contributed by atoms with Gasteiger partial charge in [-0.15, -0.1) is 0 Å². The number of hydrogen-bond acceptors (Lipinski definition) is 1. The molecule has 0 aliphatic heterocycles. The molecule has 3 unspecified atom stereocenters.